The van der Waals surface area contributed by atoms with Gasteiger partial charge in [-0.25, -0.2) is 4.39 Å². The third-order valence-corrected chi connectivity index (χ3v) is 4.25. The number of halogens is 2. The molecule has 18 heavy (non-hydrogen) atoms. The Morgan fingerprint density at radius 1 is 1.39 bits per heavy atom. The molecule has 0 aliphatic rings. The van der Waals surface area contributed by atoms with Crippen LogP contribution in [0.3, 0.4) is 0 Å². The van der Waals surface area contributed by atoms with Gasteiger partial charge in [-0.1, -0.05) is 23.7 Å². The van der Waals surface area contributed by atoms with Crippen LogP contribution in [0, 0.1) is 5.82 Å². The molecule has 2 rings (SSSR count). The van der Waals surface area contributed by atoms with Crippen molar-refractivity contribution in [3.05, 3.63) is 57.0 Å². The van der Waals surface area contributed by atoms with Crippen LogP contribution in [0.15, 0.2) is 35.7 Å². The van der Waals surface area contributed by atoms with Gasteiger partial charge in [0, 0.05) is 12.5 Å². The van der Waals surface area contributed by atoms with E-state index in [2.05, 4.69) is 0 Å². The lowest BCUT2D eigenvalue weighted by Gasteiger charge is -2.21. The normalized spacial score (nSPS) is 14.4. The van der Waals surface area contributed by atoms with Gasteiger partial charge >= 0.3 is 0 Å². The van der Waals surface area contributed by atoms with Crippen molar-refractivity contribution in [2.45, 2.75) is 12.0 Å². The van der Waals surface area contributed by atoms with Crippen LogP contribution in [-0.2, 0) is 0 Å². The maximum atomic E-state index is 13.2. The average molecular weight is 286 g/mol. The molecular formula is C13H13ClFNOS. The zero-order valence-electron chi connectivity index (χ0n) is 9.51. The molecule has 2 aromatic rings. The Balaban J connectivity index is 2.32. The van der Waals surface area contributed by atoms with E-state index < -0.39 is 6.10 Å². The van der Waals surface area contributed by atoms with Crippen LogP contribution < -0.4 is 5.73 Å². The number of aliphatic hydroxyl groups excluding tert-OH is 1. The minimum atomic E-state index is -0.815. The maximum Gasteiger partial charge on any atom is 0.123 e. The van der Waals surface area contributed by atoms with Crippen molar-refractivity contribution in [2.24, 2.45) is 5.73 Å². The van der Waals surface area contributed by atoms with E-state index in [4.69, 9.17) is 17.3 Å². The zero-order chi connectivity index (χ0) is 13.1. The molecule has 1 aromatic carbocycles. The highest BCUT2D eigenvalue weighted by molar-refractivity contribution is 7.10. The summed E-state index contributed by atoms with van der Waals surface area (Å²) in [4.78, 5) is 0.663. The highest BCUT2D eigenvalue weighted by Gasteiger charge is 2.24. The van der Waals surface area contributed by atoms with Crippen molar-refractivity contribution in [2.75, 3.05) is 6.54 Å². The fraction of sp³-hybridized carbons (Fsp3) is 0.231. The molecular weight excluding hydrogens is 273 g/mol. The van der Waals surface area contributed by atoms with Crippen LogP contribution in [0.4, 0.5) is 4.39 Å². The summed E-state index contributed by atoms with van der Waals surface area (Å²) in [5.41, 5.74) is 6.37. The van der Waals surface area contributed by atoms with Crippen molar-refractivity contribution < 1.29 is 9.50 Å². The van der Waals surface area contributed by atoms with Gasteiger partial charge in [0.05, 0.1) is 16.0 Å². The predicted molar refractivity (Wildman–Crippen MR) is 72.5 cm³/mol. The second kappa shape index (κ2) is 5.80. The Morgan fingerprint density at radius 2 is 2.17 bits per heavy atom. The van der Waals surface area contributed by atoms with E-state index in [-0.39, 0.29) is 18.3 Å². The molecule has 0 radical (unpaired) electrons. The molecule has 5 heteroatoms. The van der Waals surface area contributed by atoms with Crippen molar-refractivity contribution in [1.29, 1.82) is 0 Å². The van der Waals surface area contributed by atoms with Gasteiger partial charge in [-0.3, -0.25) is 0 Å². The molecule has 2 unspecified atom stereocenters. The molecule has 3 N–H and O–H groups in total. The third-order valence-electron chi connectivity index (χ3n) is 2.83. The Labute approximate surface area is 114 Å². The van der Waals surface area contributed by atoms with Gasteiger partial charge in [0.1, 0.15) is 5.82 Å². The standard InChI is InChI=1S/C13H13ClFNOS/c14-11-4-5-18-13(11)12(17)10(7-16)8-2-1-3-9(15)6-8/h1-6,10,12,17H,7,16H2. The molecule has 0 bridgehead atoms. The summed E-state index contributed by atoms with van der Waals surface area (Å²) < 4.78 is 13.2. The molecule has 2 atom stereocenters. The smallest absolute Gasteiger partial charge is 0.123 e. The van der Waals surface area contributed by atoms with E-state index in [9.17, 15) is 9.50 Å². The first-order valence-corrected chi connectivity index (χ1v) is 6.75. The number of benzene rings is 1. The second-order valence-electron chi connectivity index (χ2n) is 3.97. The number of nitrogens with two attached hydrogens (primary N) is 1. The predicted octanol–water partition coefficient (Wildman–Crippen LogP) is 3.32. The van der Waals surface area contributed by atoms with Gasteiger partial charge in [-0.15, -0.1) is 11.3 Å². The van der Waals surface area contributed by atoms with Gasteiger partial charge in [0.25, 0.3) is 0 Å². The van der Waals surface area contributed by atoms with Crippen LogP contribution in [0.2, 0.25) is 5.02 Å². The van der Waals surface area contributed by atoms with Gasteiger partial charge in [-0.2, -0.15) is 0 Å². The Kier molecular flexibility index (Phi) is 4.35. The van der Waals surface area contributed by atoms with E-state index in [0.29, 0.717) is 15.5 Å². The third kappa shape index (κ3) is 2.72. The maximum absolute atomic E-state index is 13.2. The molecule has 96 valence electrons. The number of rotatable bonds is 4. The Bertz CT molecular complexity index is 531. The average Bonchev–Trinajstić information content (AvgIpc) is 2.76. The number of aliphatic hydroxyl groups is 1. The monoisotopic (exact) mass is 285 g/mol. The summed E-state index contributed by atoms with van der Waals surface area (Å²) in [5.74, 6) is -0.702. The van der Waals surface area contributed by atoms with E-state index in [1.807, 2.05) is 0 Å². The summed E-state index contributed by atoms with van der Waals surface area (Å²) in [6.07, 6.45) is -0.815. The summed E-state index contributed by atoms with van der Waals surface area (Å²) in [5, 5.41) is 12.6. The SMILES string of the molecule is NCC(c1cccc(F)c1)C(O)c1sccc1Cl. The Morgan fingerprint density at radius 3 is 2.72 bits per heavy atom. The van der Waals surface area contributed by atoms with Crippen LogP contribution in [0.1, 0.15) is 22.5 Å². The molecule has 0 saturated carbocycles. The van der Waals surface area contributed by atoms with Crippen LogP contribution >= 0.6 is 22.9 Å². The molecule has 2 nitrogen and oxygen atoms in total. The first-order chi connectivity index (χ1) is 8.63. The topological polar surface area (TPSA) is 46.2 Å². The van der Waals surface area contributed by atoms with Gasteiger partial charge < -0.3 is 10.8 Å². The molecule has 0 fully saturated rings. The largest absolute Gasteiger partial charge is 0.387 e. The fourth-order valence-electron chi connectivity index (χ4n) is 1.88. The lowest BCUT2D eigenvalue weighted by Crippen LogP contribution is -2.19. The van der Waals surface area contributed by atoms with Crippen molar-refractivity contribution >= 4 is 22.9 Å². The van der Waals surface area contributed by atoms with Crippen molar-refractivity contribution in [1.82, 2.24) is 0 Å². The highest BCUT2D eigenvalue weighted by Crippen LogP contribution is 2.37. The van der Waals surface area contributed by atoms with Gasteiger partial charge in [0.15, 0.2) is 0 Å². The lowest BCUT2D eigenvalue weighted by atomic mass is 9.92. The van der Waals surface area contributed by atoms with E-state index >= 15 is 0 Å². The van der Waals surface area contributed by atoms with E-state index in [1.54, 1.807) is 23.6 Å². The summed E-state index contributed by atoms with van der Waals surface area (Å²) in [6, 6.07) is 7.84. The fourth-order valence-corrected chi connectivity index (χ4v) is 3.10. The van der Waals surface area contributed by atoms with Crippen molar-refractivity contribution in [3.8, 4) is 0 Å². The van der Waals surface area contributed by atoms with Gasteiger partial charge in [0.2, 0.25) is 0 Å². The van der Waals surface area contributed by atoms with Crippen molar-refractivity contribution in [3.63, 3.8) is 0 Å². The molecule has 1 heterocycles. The van der Waals surface area contributed by atoms with Crippen LogP contribution in [0.5, 0.6) is 0 Å². The number of thiophene rings is 1. The number of hydrogen-bond acceptors (Lipinski definition) is 3. The summed E-state index contributed by atoms with van der Waals surface area (Å²) in [6.45, 7) is 0.221. The zero-order valence-corrected chi connectivity index (χ0v) is 11.1. The quantitative estimate of drug-likeness (QED) is 0.905. The summed E-state index contributed by atoms with van der Waals surface area (Å²) in [7, 11) is 0. The van der Waals surface area contributed by atoms with Crippen LogP contribution in [0.25, 0.3) is 0 Å². The van der Waals surface area contributed by atoms with Gasteiger partial charge in [-0.05, 0) is 29.1 Å². The molecule has 1 aromatic heterocycles. The second-order valence-corrected chi connectivity index (χ2v) is 5.33. The summed E-state index contributed by atoms with van der Waals surface area (Å²) >= 11 is 7.36. The molecule has 0 saturated heterocycles. The Hall–Kier alpha value is -0.940. The van der Waals surface area contributed by atoms with E-state index in [1.165, 1.54) is 23.5 Å². The first-order valence-electron chi connectivity index (χ1n) is 5.50. The van der Waals surface area contributed by atoms with Crippen LogP contribution in [-0.4, -0.2) is 11.7 Å². The molecule has 0 spiro atoms. The minimum absolute atomic E-state index is 0.221. The first kappa shape index (κ1) is 13.5. The lowest BCUT2D eigenvalue weighted by molar-refractivity contribution is 0.151. The molecule has 0 aliphatic heterocycles. The minimum Gasteiger partial charge on any atom is -0.387 e. The molecule has 0 aliphatic carbocycles. The van der Waals surface area contributed by atoms with E-state index in [0.717, 1.165) is 0 Å². The number of hydrogen-bond donors (Lipinski definition) is 2. The highest BCUT2D eigenvalue weighted by atomic mass is 35.5. The molecule has 0 amide bonds.